The van der Waals surface area contributed by atoms with Gasteiger partial charge in [-0.25, -0.2) is 0 Å². The monoisotopic (exact) mass is 408 g/mol. The van der Waals surface area contributed by atoms with E-state index in [2.05, 4.69) is 11.6 Å². The molecule has 0 unspecified atom stereocenters. The zero-order chi connectivity index (χ0) is 21.7. The van der Waals surface area contributed by atoms with Crippen LogP contribution >= 0.6 is 0 Å². The molecule has 1 amide bonds. The number of benzene rings is 1. The number of allylic oxidation sites excluding steroid dienone is 3. The quantitative estimate of drug-likeness (QED) is 0.309. The van der Waals surface area contributed by atoms with Gasteiger partial charge < -0.3 is 19.4 Å². The largest absolute Gasteiger partial charge is 0.501 e. The molecule has 30 heavy (non-hydrogen) atoms. The van der Waals surface area contributed by atoms with Gasteiger partial charge in [0.2, 0.25) is 0 Å². The fourth-order valence-electron chi connectivity index (χ4n) is 3.64. The average molecular weight is 408 g/mol. The highest BCUT2D eigenvalue weighted by Gasteiger charge is 2.29. The zero-order valence-corrected chi connectivity index (χ0v) is 17.7. The lowest BCUT2D eigenvalue weighted by Crippen LogP contribution is -2.30. The summed E-state index contributed by atoms with van der Waals surface area (Å²) in [5, 5.41) is 0. The predicted molar refractivity (Wildman–Crippen MR) is 116 cm³/mol. The number of nitrogens with zero attached hydrogens (tertiary/aromatic N) is 1. The summed E-state index contributed by atoms with van der Waals surface area (Å²) in [6.07, 6.45) is 2.46. The van der Waals surface area contributed by atoms with Crippen LogP contribution in [0.15, 0.2) is 60.5 Å². The minimum absolute atomic E-state index is 0.0723. The van der Waals surface area contributed by atoms with E-state index in [0.29, 0.717) is 47.9 Å². The molecule has 1 atom stereocenters. The van der Waals surface area contributed by atoms with E-state index in [1.54, 1.807) is 24.1 Å². The first-order valence-corrected chi connectivity index (χ1v) is 10.1. The average Bonchev–Trinajstić information content (AvgIpc) is 3.44. The summed E-state index contributed by atoms with van der Waals surface area (Å²) in [6, 6.07) is 11.1. The number of Topliss-reactive ketones (excluding diaryl/α,β-unsaturated/α-hetero) is 1. The first-order chi connectivity index (χ1) is 14.5. The fourth-order valence-corrected chi connectivity index (χ4v) is 3.64. The van der Waals surface area contributed by atoms with Crippen LogP contribution in [0.3, 0.4) is 0 Å². The van der Waals surface area contributed by atoms with Crippen molar-refractivity contribution in [3.05, 3.63) is 77.3 Å². The van der Waals surface area contributed by atoms with Crippen molar-refractivity contribution in [2.24, 2.45) is 0 Å². The van der Waals surface area contributed by atoms with Crippen LogP contribution in [-0.4, -0.2) is 54.5 Å². The summed E-state index contributed by atoms with van der Waals surface area (Å²) in [5.41, 5.74) is 2.58. The summed E-state index contributed by atoms with van der Waals surface area (Å²) >= 11 is 0. The number of methoxy groups -OCH3 is 1. The summed E-state index contributed by atoms with van der Waals surface area (Å²) in [6.45, 7) is 9.63. The maximum atomic E-state index is 13.3. The first-order valence-electron chi connectivity index (χ1n) is 10.1. The van der Waals surface area contributed by atoms with Crippen LogP contribution in [0.4, 0.5) is 0 Å². The molecule has 1 N–H and O–H groups in total. The second-order valence-electron chi connectivity index (χ2n) is 7.23. The Bertz CT molecular complexity index is 959. The Morgan fingerprint density at radius 1 is 1.23 bits per heavy atom. The van der Waals surface area contributed by atoms with Crippen LogP contribution in [0, 0.1) is 0 Å². The van der Waals surface area contributed by atoms with Crippen LogP contribution in [0.2, 0.25) is 0 Å². The van der Waals surface area contributed by atoms with E-state index in [1.807, 2.05) is 37.3 Å². The zero-order valence-electron chi connectivity index (χ0n) is 17.7. The number of rotatable bonds is 8. The van der Waals surface area contributed by atoms with Gasteiger partial charge in [0.15, 0.2) is 5.78 Å². The van der Waals surface area contributed by atoms with Gasteiger partial charge in [-0.2, -0.15) is 0 Å². The number of hydrogen-bond donors (Lipinski definition) is 1. The summed E-state index contributed by atoms with van der Waals surface area (Å²) in [4.78, 5) is 30.8. The number of carbonyl (C=O) groups excluding carboxylic acids is 2. The van der Waals surface area contributed by atoms with E-state index in [0.717, 1.165) is 12.0 Å². The maximum absolute atomic E-state index is 13.3. The lowest BCUT2D eigenvalue weighted by molar-refractivity contribution is 0.0595. The van der Waals surface area contributed by atoms with Crippen molar-refractivity contribution < 1.29 is 19.1 Å². The molecule has 2 heterocycles. The van der Waals surface area contributed by atoms with Gasteiger partial charge in [-0.05, 0) is 37.5 Å². The molecule has 1 aliphatic rings. The van der Waals surface area contributed by atoms with Crippen molar-refractivity contribution in [2.45, 2.75) is 26.4 Å². The Morgan fingerprint density at radius 3 is 2.63 bits per heavy atom. The molecule has 0 bridgehead atoms. The molecule has 1 fully saturated rings. The Hall–Kier alpha value is -3.12. The van der Waals surface area contributed by atoms with Crippen molar-refractivity contribution in [2.75, 3.05) is 26.8 Å². The second kappa shape index (κ2) is 9.59. The van der Waals surface area contributed by atoms with Crippen LogP contribution < -0.4 is 0 Å². The molecule has 0 radical (unpaired) electrons. The standard InChI is InChI=1S/C24H28N2O4/c1-5-30-20-11-12-26(15-20)24(28)21-13-19(14-25-21)23(27)22(17(3)29-4)16(2)18-9-7-6-8-10-18/h6-10,13-14,20,25H,2,5,11-12,15H2,1,3-4H3/b22-17+/t20-/m1/s1. The minimum Gasteiger partial charge on any atom is -0.501 e. The van der Waals surface area contributed by atoms with Gasteiger partial charge in [0.25, 0.3) is 5.91 Å². The number of aromatic nitrogens is 1. The van der Waals surface area contributed by atoms with Crippen molar-refractivity contribution in [1.29, 1.82) is 0 Å². The van der Waals surface area contributed by atoms with Crippen molar-refractivity contribution in [3.8, 4) is 0 Å². The van der Waals surface area contributed by atoms with Crippen LogP contribution in [0.1, 0.15) is 46.7 Å². The highest BCUT2D eigenvalue weighted by Crippen LogP contribution is 2.28. The van der Waals surface area contributed by atoms with E-state index < -0.39 is 0 Å². The number of nitrogens with one attached hydrogen (secondary N) is 1. The fraction of sp³-hybridized carbons (Fsp3) is 0.333. The van der Waals surface area contributed by atoms with Gasteiger partial charge in [-0.3, -0.25) is 9.59 Å². The number of carbonyl (C=O) groups is 2. The van der Waals surface area contributed by atoms with Crippen LogP contribution in [-0.2, 0) is 9.47 Å². The molecule has 1 aromatic carbocycles. The molecule has 0 saturated carbocycles. The third kappa shape index (κ3) is 4.54. The molecule has 6 nitrogen and oxygen atoms in total. The molecule has 1 saturated heterocycles. The maximum Gasteiger partial charge on any atom is 0.270 e. The summed E-state index contributed by atoms with van der Waals surface area (Å²) in [5.74, 6) is 0.0984. The minimum atomic E-state index is -0.243. The highest BCUT2D eigenvalue weighted by atomic mass is 16.5. The van der Waals surface area contributed by atoms with E-state index in [4.69, 9.17) is 9.47 Å². The van der Waals surface area contributed by atoms with Gasteiger partial charge >= 0.3 is 0 Å². The van der Waals surface area contributed by atoms with Crippen molar-refractivity contribution >= 4 is 17.3 Å². The van der Waals surface area contributed by atoms with Crippen LogP contribution in [0.25, 0.3) is 5.57 Å². The number of ketones is 1. The molecule has 0 aliphatic carbocycles. The van der Waals surface area contributed by atoms with Gasteiger partial charge in [-0.15, -0.1) is 0 Å². The molecule has 1 aromatic heterocycles. The summed E-state index contributed by atoms with van der Waals surface area (Å²) in [7, 11) is 1.52. The van der Waals surface area contributed by atoms with E-state index in [1.165, 1.54) is 7.11 Å². The molecule has 158 valence electrons. The van der Waals surface area contributed by atoms with Crippen molar-refractivity contribution in [1.82, 2.24) is 9.88 Å². The Balaban J connectivity index is 1.81. The number of amides is 1. The first kappa shape index (κ1) is 21.6. The molecule has 0 spiro atoms. The van der Waals surface area contributed by atoms with E-state index >= 15 is 0 Å². The third-order valence-electron chi connectivity index (χ3n) is 5.32. The molecule has 6 heteroatoms. The van der Waals surface area contributed by atoms with Crippen LogP contribution in [0.5, 0.6) is 0 Å². The topological polar surface area (TPSA) is 71.6 Å². The third-order valence-corrected chi connectivity index (χ3v) is 5.32. The second-order valence-corrected chi connectivity index (χ2v) is 7.23. The normalized spacial score (nSPS) is 16.9. The highest BCUT2D eigenvalue weighted by molar-refractivity contribution is 6.19. The molecule has 1 aliphatic heterocycles. The molecular weight excluding hydrogens is 380 g/mol. The molecular formula is C24H28N2O4. The van der Waals surface area contributed by atoms with Gasteiger partial charge in [0, 0.05) is 31.5 Å². The van der Waals surface area contributed by atoms with Crippen molar-refractivity contribution in [3.63, 3.8) is 0 Å². The van der Waals surface area contributed by atoms with Gasteiger partial charge in [0.05, 0.1) is 18.8 Å². The number of ether oxygens (including phenoxy) is 2. The SMILES string of the molecule is C=C(/C(C(=O)c1c[nH]c(C(=O)N2CC[C@@H](OCC)C2)c1)=C(/C)OC)c1ccccc1. The lowest BCUT2D eigenvalue weighted by Gasteiger charge is -2.15. The molecule has 3 rings (SSSR count). The van der Waals surface area contributed by atoms with Gasteiger partial charge in [0.1, 0.15) is 11.5 Å². The number of aromatic amines is 1. The lowest BCUT2D eigenvalue weighted by atomic mass is 9.93. The number of hydrogen-bond acceptors (Lipinski definition) is 4. The summed E-state index contributed by atoms with van der Waals surface area (Å²) < 4.78 is 11.0. The Kier molecular flexibility index (Phi) is 6.90. The number of likely N-dealkylation sites (tertiary alicyclic amines) is 1. The van der Waals surface area contributed by atoms with E-state index in [-0.39, 0.29) is 17.8 Å². The molecule has 2 aromatic rings. The Morgan fingerprint density at radius 2 is 1.97 bits per heavy atom. The smallest absolute Gasteiger partial charge is 0.270 e. The van der Waals surface area contributed by atoms with Gasteiger partial charge in [-0.1, -0.05) is 36.9 Å². The number of H-pyrrole nitrogens is 1. The predicted octanol–water partition coefficient (Wildman–Crippen LogP) is 4.08. The van der Waals surface area contributed by atoms with E-state index in [9.17, 15) is 9.59 Å². The Labute approximate surface area is 177 Å².